The Bertz CT molecular complexity index is 703. The van der Waals surface area contributed by atoms with Gasteiger partial charge in [-0.1, -0.05) is 37.3 Å². The van der Waals surface area contributed by atoms with Crippen molar-refractivity contribution < 1.29 is 0 Å². The Morgan fingerprint density at radius 2 is 1.83 bits per heavy atom. The van der Waals surface area contributed by atoms with Gasteiger partial charge in [0.1, 0.15) is 0 Å². The minimum absolute atomic E-state index is 0.00159. The van der Waals surface area contributed by atoms with Gasteiger partial charge in [0.2, 0.25) is 5.95 Å². The smallest absolute Gasteiger partial charge is 0.255 e. The number of H-pyrrole nitrogens is 1. The maximum absolute atomic E-state index is 12.1. The Morgan fingerprint density at radius 1 is 1.13 bits per heavy atom. The number of rotatable bonds is 4. The van der Waals surface area contributed by atoms with Crippen LogP contribution in [0.1, 0.15) is 23.7 Å². The van der Waals surface area contributed by atoms with Gasteiger partial charge in [-0.15, -0.1) is 0 Å². The summed E-state index contributed by atoms with van der Waals surface area (Å²) in [6.45, 7) is 8.62. The van der Waals surface area contributed by atoms with Gasteiger partial charge in [0.05, 0.1) is 0 Å². The quantitative estimate of drug-likeness (QED) is 0.938. The van der Waals surface area contributed by atoms with Crippen LogP contribution in [0.2, 0.25) is 0 Å². The molecule has 0 aliphatic carbocycles. The first-order valence-corrected chi connectivity index (χ1v) is 8.28. The Morgan fingerprint density at radius 3 is 2.43 bits per heavy atom. The Balaban J connectivity index is 1.64. The van der Waals surface area contributed by atoms with Gasteiger partial charge in [-0.2, -0.15) is 0 Å². The minimum Gasteiger partial charge on any atom is -0.340 e. The zero-order chi connectivity index (χ0) is 16.2. The number of nitrogens with one attached hydrogen (secondary N) is 1. The average molecular weight is 312 g/mol. The van der Waals surface area contributed by atoms with Gasteiger partial charge in [0.15, 0.2) is 0 Å². The predicted octanol–water partition coefficient (Wildman–Crippen LogP) is 1.96. The van der Waals surface area contributed by atoms with Crippen LogP contribution in [0.25, 0.3) is 0 Å². The maximum Gasteiger partial charge on any atom is 0.255 e. The molecule has 0 unspecified atom stereocenters. The molecule has 0 radical (unpaired) electrons. The number of piperazine rings is 1. The van der Waals surface area contributed by atoms with Crippen molar-refractivity contribution in [3.8, 4) is 0 Å². The molecule has 1 aliphatic heterocycles. The monoisotopic (exact) mass is 312 g/mol. The molecule has 0 bridgehead atoms. The van der Waals surface area contributed by atoms with E-state index in [2.05, 4.69) is 44.0 Å². The zero-order valence-electron chi connectivity index (χ0n) is 13.9. The van der Waals surface area contributed by atoms with Crippen molar-refractivity contribution in [2.45, 2.75) is 26.8 Å². The topological polar surface area (TPSA) is 52.2 Å². The van der Waals surface area contributed by atoms with Gasteiger partial charge in [-0.25, -0.2) is 4.98 Å². The standard InChI is InChI=1S/C18H24N4O/c1-3-16-14(2)19-18(20-17(16)23)22-11-9-21(10-12-22)13-15-7-5-4-6-8-15/h4-8H,3,9-13H2,1-2H3,(H,19,20,23). The zero-order valence-corrected chi connectivity index (χ0v) is 13.9. The van der Waals surface area contributed by atoms with Crippen LogP contribution in [0, 0.1) is 6.92 Å². The van der Waals surface area contributed by atoms with Crippen molar-refractivity contribution in [2.75, 3.05) is 31.1 Å². The second kappa shape index (κ2) is 6.96. The lowest BCUT2D eigenvalue weighted by Gasteiger charge is -2.35. The van der Waals surface area contributed by atoms with E-state index < -0.39 is 0 Å². The summed E-state index contributed by atoms with van der Waals surface area (Å²) >= 11 is 0. The third-order valence-electron chi connectivity index (χ3n) is 4.48. The second-order valence-corrected chi connectivity index (χ2v) is 6.06. The highest BCUT2D eigenvalue weighted by atomic mass is 16.1. The highest BCUT2D eigenvalue weighted by molar-refractivity contribution is 5.33. The molecule has 0 saturated carbocycles. The number of anilines is 1. The van der Waals surface area contributed by atoms with Crippen LogP contribution in [-0.4, -0.2) is 41.0 Å². The lowest BCUT2D eigenvalue weighted by Crippen LogP contribution is -2.47. The third-order valence-corrected chi connectivity index (χ3v) is 4.48. The van der Waals surface area contributed by atoms with Crippen LogP contribution in [-0.2, 0) is 13.0 Å². The first-order chi connectivity index (χ1) is 11.2. The molecule has 122 valence electrons. The average Bonchev–Trinajstić information content (AvgIpc) is 2.56. The van der Waals surface area contributed by atoms with Crippen molar-refractivity contribution in [2.24, 2.45) is 0 Å². The summed E-state index contributed by atoms with van der Waals surface area (Å²) in [5.74, 6) is 0.712. The van der Waals surface area contributed by atoms with Crippen LogP contribution >= 0.6 is 0 Å². The first-order valence-electron chi connectivity index (χ1n) is 8.28. The largest absolute Gasteiger partial charge is 0.340 e. The molecule has 5 heteroatoms. The van der Waals surface area contributed by atoms with E-state index in [0.29, 0.717) is 5.95 Å². The molecule has 23 heavy (non-hydrogen) atoms. The van der Waals surface area contributed by atoms with Gasteiger partial charge in [-0.05, 0) is 18.9 Å². The summed E-state index contributed by atoms with van der Waals surface area (Å²) in [6, 6.07) is 10.5. The van der Waals surface area contributed by atoms with E-state index in [4.69, 9.17) is 0 Å². The Labute approximate surface area is 137 Å². The lowest BCUT2D eigenvalue weighted by molar-refractivity contribution is 0.248. The van der Waals surface area contributed by atoms with Crippen LogP contribution < -0.4 is 10.5 Å². The number of benzene rings is 1. The van der Waals surface area contributed by atoms with E-state index in [1.807, 2.05) is 19.9 Å². The van der Waals surface area contributed by atoms with Crippen molar-refractivity contribution >= 4 is 5.95 Å². The number of hydrogen-bond acceptors (Lipinski definition) is 4. The molecule has 1 aromatic heterocycles. The summed E-state index contributed by atoms with van der Waals surface area (Å²) in [5.41, 5.74) is 2.98. The second-order valence-electron chi connectivity index (χ2n) is 6.06. The maximum atomic E-state index is 12.1. The Kier molecular flexibility index (Phi) is 4.76. The molecule has 1 fully saturated rings. The van der Waals surface area contributed by atoms with Crippen molar-refractivity contribution in [3.05, 3.63) is 57.5 Å². The number of aryl methyl sites for hydroxylation is 1. The minimum atomic E-state index is 0.00159. The molecule has 0 spiro atoms. The van der Waals surface area contributed by atoms with Gasteiger partial charge in [0, 0.05) is 44.0 Å². The fourth-order valence-electron chi connectivity index (χ4n) is 3.12. The van der Waals surface area contributed by atoms with Crippen LogP contribution in [0.4, 0.5) is 5.95 Å². The summed E-state index contributed by atoms with van der Waals surface area (Å²) in [7, 11) is 0. The number of aromatic nitrogens is 2. The third kappa shape index (κ3) is 3.62. The van der Waals surface area contributed by atoms with Crippen LogP contribution in [0.15, 0.2) is 35.1 Å². The van der Waals surface area contributed by atoms with Gasteiger partial charge in [0.25, 0.3) is 5.56 Å². The van der Waals surface area contributed by atoms with Crippen LogP contribution in [0.5, 0.6) is 0 Å². The molecule has 1 aromatic carbocycles. The molecule has 1 saturated heterocycles. The molecular formula is C18H24N4O. The Hall–Kier alpha value is -2.14. The normalized spacial score (nSPS) is 15.8. The molecule has 5 nitrogen and oxygen atoms in total. The summed E-state index contributed by atoms with van der Waals surface area (Å²) in [4.78, 5) is 24.3. The van der Waals surface area contributed by atoms with E-state index in [0.717, 1.165) is 50.4 Å². The lowest BCUT2D eigenvalue weighted by atomic mass is 10.2. The predicted molar refractivity (Wildman–Crippen MR) is 92.9 cm³/mol. The fraction of sp³-hybridized carbons (Fsp3) is 0.444. The highest BCUT2D eigenvalue weighted by Crippen LogP contribution is 2.13. The molecule has 3 rings (SSSR count). The summed E-state index contributed by atoms with van der Waals surface area (Å²) in [6.07, 6.45) is 0.722. The van der Waals surface area contributed by atoms with Gasteiger partial charge in [-0.3, -0.25) is 14.7 Å². The van der Waals surface area contributed by atoms with E-state index in [9.17, 15) is 4.79 Å². The summed E-state index contributed by atoms with van der Waals surface area (Å²) in [5, 5.41) is 0. The SMILES string of the molecule is CCc1c(C)nc(N2CCN(Cc3ccccc3)CC2)[nH]c1=O. The van der Waals surface area contributed by atoms with Crippen molar-refractivity contribution in [3.63, 3.8) is 0 Å². The first kappa shape index (κ1) is 15.7. The van der Waals surface area contributed by atoms with E-state index in [1.54, 1.807) is 0 Å². The molecular weight excluding hydrogens is 288 g/mol. The van der Waals surface area contributed by atoms with E-state index in [-0.39, 0.29) is 5.56 Å². The molecule has 0 atom stereocenters. The van der Waals surface area contributed by atoms with Crippen molar-refractivity contribution in [1.82, 2.24) is 14.9 Å². The molecule has 2 heterocycles. The molecule has 0 amide bonds. The van der Waals surface area contributed by atoms with E-state index in [1.165, 1.54) is 5.56 Å². The number of nitrogens with zero attached hydrogens (tertiary/aromatic N) is 3. The fourth-order valence-corrected chi connectivity index (χ4v) is 3.12. The number of aromatic amines is 1. The summed E-state index contributed by atoms with van der Waals surface area (Å²) < 4.78 is 0. The number of hydrogen-bond donors (Lipinski definition) is 1. The van der Waals surface area contributed by atoms with Gasteiger partial charge >= 0.3 is 0 Å². The van der Waals surface area contributed by atoms with Crippen molar-refractivity contribution in [1.29, 1.82) is 0 Å². The highest BCUT2D eigenvalue weighted by Gasteiger charge is 2.19. The molecule has 1 N–H and O–H groups in total. The van der Waals surface area contributed by atoms with E-state index >= 15 is 0 Å². The molecule has 2 aromatic rings. The van der Waals surface area contributed by atoms with Crippen LogP contribution in [0.3, 0.4) is 0 Å². The molecule has 1 aliphatic rings. The van der Waals surface area contributed by atoms with Gasteiger partial charge < -0.3 is 4.90 Å².